The first-order chi connectivity index (χ1) is 20.1. The molecule has 0 aliphatic carbocycles. The first kappa shape index (κ1) is 28.9. The molecule has 12 nitrogen and oxygen atoms in total. The molecule has 1 saturated heterocycles. The Morgan fingerprint density at radius 1 is 1.12 bits per heavy atom. The molecule has 0 saturated carbocycles. The van der Waals surface area contributed by atoms with Crippen LogP contribution in [0.5, 0.6) is 0 Å². The van der Waals surface area contributed by atoms with Gasteiger partial charge in [-0.15, -0.1) is 0 Å². The number of methoxy groups -OCH3 is 1. The Kier molecular flexibility index (Phi) is 8.34. The molecule has 0 radical (unpaired) electrons. The van der Waals surface area contributed by atoms with Crippen molar-refractivity contribution in [1.82, 2.24) is 34.9 Å². The number of ether oxygens (including phenoxy) is 1. The summed E-state index contributed by atoms with van der Waals surface area (Å²) in [6.45, 7) is 8.83. The number of fused-ring (bicyclic) bond motifs is 1. The average Bonchev–Trinajstić information content (AvgIpc) is 3.46. The second-order valence-electron chi connectivity index (χ2n) is 11.1. The molecule has 1 amide bonds. The number of aryl methyl sites for hydroxylation is 2. The number of benzene rings is 1. The van der Waals surface area contributed by atoms with Gasteiger partial charge in [-0.25, -0.2) is 9.67 Å². The van der Waals surface area contributed by atoms with Crippen molar-refractivity contribution in [2.75, 3.05) is 37.4 Å². The van der Waals surface area contributed by atoms with Gasteiger partial charge in [0, 0.05) is 43.8 Å². The number of nitrogens with one attached hydrogen (secondary N) is 3. The van der Waals surface area contributed by atoms with Crippen molar-refractivity contribution in [3.8, 4) is 0 Å². The van der Waals surface area contributed by atoms with E-state index in [0.717, 1.165) is 30.0 Å². The fourth-order valence-corrected chi connectivity index (χ4v) is 5.21. The molecule has 0 spiro atoms. The molecule has 1 aromatic carbocycles. The van der Waals surface area contributed by atoms with E-state index in [9.17, 15) is 9.59 Å². The molecule has 3 aromatic heterocycles. The second-order valence-corrected chi connectivity index (χ2v) is 11.1. The van der Waals surface area contributed by atoms with Gasteiger partial charge >= 0.3 is 5.97 Å². The maximum Gasteiger partial charge on any atom is 0.309 e. The summed E-state index contributed by atoms with van der Waals surface area (Å²) in [4.78, 5) is 40.6. The van der Waals surface area contributed by atoms with Gasteiger partial charge < -0.3 is 20.7 Å². The molecular formula is C30H37N9O3. The van der Waals surface area contributed by atoms with Crippen LogP contribution in [0.15, 0.2) is 42.7 Å². The highest BCUT2D eigenvalue weighted by atomic mass is 16.5. The van der Waals surface area contributed by atoms with E-state index >= 15 is 0 Å². The fraction of sp³-hybridized carbons (Fsp3) is 0.400. The summed E-state index contributed by atoms with van der Waals surface area (Å²) in [5.74, 6) is 0.472. The van der Waals surface area contributed by atoms with E-state index in [0.29, 0.717) is 40.6 Å². The van der Waals surface area contributed by atoms with Gasteiger partial charge in [-0.05, 0) is 63.9 Å². The average molecular weight is 572 g/mol. The number of esters is 1. The van der Waals surface area contributed by atoms with Gasteiger partial charge in [-0.2, -0.15) is 10.1 Å². The number of hydrogen-bond donors (Lipinski definition) is 3. The minimum atomic E-state index is -0.307. The largest absolute Gasteiger partial charge is 0.469 e. The van der Waals surface area contributed by atoms with Gasteiger partial charge in [-0.1, -0.05) is 12.1 Å². The lowest BCUT2D eigenvalue weighted by Crippen LogP contribution is -2.43. The predicted octanol–water partition coefficient (Wildman–Crippen LogP) is 3.87. The zero-order valence-electron chi connectivity index (χ0n) is 24.7. The maximum absolute atomic E-state index is 12.9. The lowest BCUT2D eigenvalue weighted by molar-refractivity contribution is -0.139. The van der Waals surface area contributed by atoms with Crippen molar-refractivity contribution < 1.29 is 14.3 Å². The van der Waals surface area contributed by atoms with E-state index in [1.807, 2.05) is 31.2 Å². The Balaban J connectivity index is 1.28. The lowest BCUT2D eigenvalue weighted by atomic mass is 10.0. The Hall–Kier alpha value is -4.58. The van der Waals surface area contributed by atoms with Gasteiger partial charge in [0.15, 0.2) is 11.5 Å². The SMILES string of the molecule is COC(=O)Cc1cccc(Nc2ncc3c(Nc4cc(C(=O)NCCN5CCCC5(C)C)cnc4C)nn(C)c3n2)c1. The number of pyridine rings is 1. The van der Waals surface area contributed by atoms with E-state index < -0.39 is 0 Å². The molecule has 12 heteroatoms. The van der Waals surface area contributed by atoms with Gasteiger partial charge in [0.05, 0.1) is 35.9 Å². The van der Waals surface area contributed by atoms with Crippen LogP contribution in [-0.2, 0) is 23.0 Å². The molecule has 4 heterocycles. The van der Waals surface area contributed by atoms with Crippen LogP contribution in [0.2, 0.25) is 0 Å². The minimum absolute atomic E-state index is 0.164. The van der Waals surface area contributed by atoms with Crippen LogP contribution in [0.4, 0.5) is 23.1 Å². The highest BCUT2D eigenvalue weighted by molar-refractivity contribution is 5.96. The van der Waals surface area contributed by atoms with Crippen LogP contribution in [-0.4, -0.2) is 73.8 Å². The zero-order chi connectivity index (χ0) is 29.9. The molecule has 220 valence electrons. The number of aromatic nitrogens is 5. The van der Waals surface area contributed by atoms with Gasteiger partial charge in [0.2, 0.25) is 5.95 Å². The third kappa shape index (κ3) is 6.49. The standard InChI is InChI=1S/C30H37N9O3/c1-19-24(16-21(17-32-19)28(41)31-11-13-39-12-7-10-30(39,2)3)35-26-23-18-33-29(36-27(23)38(4)37-26)34-22-9-6-8-20(14-22)15-25(40)42-5/h6,8-9,14,16-18H,7,10-13,15H2,1-5H3,(H,31,41)(H,35,37)(H,33,34,36). The van der Waals surface area contributed by atoms with Crippen molar-refractivity contribution >= 4 is 46.1 Å². The first-order valence-corrected chi connectivity index (χ1v) is 14.0. The molecule has 42 heavy (non-hydrogen) atoms. The van der Waals surface area contributed by atoms with E-state index in [4.69, 9.17) is 4.74 Å². The number of anilines is 4. The number of amides is 1. The summed E-state index contributed by atoms with van der Waals surface area (Å²) in [6.07, 6.45) is 5.83. The number of rotatable bonds is 10. The van der Waals surface area contributed by atoms with Crippen LogP contribution in [0.1, 0.15) is 48.3 Å². The van der Waals surface area contributed by atoms with Crippen molar-refractivity contribution in [1.29, 1.82) is 0 Å². The molecule has 0 unspecified atom stereocenters. The molecule has 1 aliphatic rings. The molecule has 0 bridgehead atoms. The van der Waals surface area contributed by atoms with Gasteiger partial charge in [0.25, 0.3) is 5.91 Å². The molecule has 3 N–H and O–H groups in total. The summed E-state index contributed by atoms with van der Waals surface area (Å²) in [6, 6.07) is 9.22. The smallest absolute Gasteiger partial charge is 0.309 e. The topological polar surface area (TPSA) is 139 Å². The van der Waals surface area contributed by atoms with E-state index in [2.05, 4.69) is 54.7 Å². The summed E-state index contributed by atoms with van der Waals surface area (Å²) in [5.41, 5.74) is 4.23. The summed E-state index contributed by atoms with van der Waals surface area (Å²) < 4.78 is 6.42. The van der Waals surface area contributed by atoms with Crippen molar-refractivity contribution in [2.24, 2.45) is 7.05 Å². The van der Waals surface area contributed by atoms with Crippen molar-refractivity contribution in [2.45, 2.75) is 45.6 Å². The van der Waals surface area contributed by atoms with Gasteiger partial charge in [-0.3, -0.25) is 19.5 Å². The number of carbonyl (C=O) groups is 2. The summed E-state index contributed by atoms with van der Waals surface area (Å²) in [7, 11) is 3.17. The van der Waals surface area contributed by atoms with Crippen LogP contribution in [0, 0.1) is 6.92 Å². The maximum atomic E-state index is 12.9. The van der Waals surface area contributed by atoms with Crippen molar-refractivity contribution in [3.63, 3.8) is 0 Å². The quantitative estimate of drug-likeness (QED) is 0.240. The minimum Gasteiger partial charge on any atom is -0.469 e. The molecule has 1 aliphatic heterocycles. The van der Waals surface area contributed by atoms with Crippen LogP contribution in [0.25, 0.3) is 11.0 Å². The van der Waals surface area contributed by atoms with Crippen LogP contribution in [0.3, 0.4) is 0 Å². The lowest BCUT2D eigenvalue weighted by Gasteiger charge is -2.31. The van der Waals surface area contributed by atoms with Crippen molar-refractivity contribution in [3.05, 3.63) is 59.5 Å². The predicted molar refractivity (Wildman–Crippen MR) is 161 cm³/mol. The number of likely N-dealkylation sites (tertiary alicyclic amines) is 1. The fourth-order valence-electron chi connectivity index (χ4n) is 5.21. The number of carbonyl (C=O) groups excluding carboxylic acids is 2. The molecular weight excluding hydrogens is 534 g/mol. The van der Waals surface area contributed by atoms with E-state index in [-0.39, 0.29) is 23.8 Å². The Bertz CT molecular complexity index is 1620. The Morgan fingerprint density at radius 3 is 2.71 bits per heavy atom. The zero-order valence-corrected chi connectivity index (χ0v) is 24.7. The van der Waals surface area contributed by atoms with E-state index in [1.165, 1.54) is 20.0 Å². The van der Waals surface area contributed by atoms with Crippen LogP contribution < -0.4 is 16.0 Å². The molecule has 4 aromatic rings. The third-order valence-corrected chi connectivity index (χ3v) is 7.68. The Labute approximate surface area is 244 Å². The first-order valence-electron chi connectivity index (χ1n) is 14.0. The molecule has 1 fully saturated rings. The summed E-state index contributed by atoms with van der Waals surface area (Å²) >= 11 is 0. The second kappa shape index (κ2) is 12.1. The number of nitrogens with zero attached hydrogens (tertiary/aromatic N) is 6. The normalized spacial score (nSPS) is 14.6. The highest BCUT2D eigenvalue weighted by Gasteiger charge is 2.31. The highest BCUT2D eigenvalue weighted by Crippen LogP contribution is 2.28. The van der Waals surface area contributed by atoms with Gasteiger partial charge in [0.1, 0.15) is 0 Å². The summed E-state index contributed by atoms with van der Waals surface area (Å²) in [5, 5.41) is 14.9. The van der Waals surface area contributed by atoms with Crippen LogP contribution >= 0.6 is 0 Å². The third-order valence-electron chi connectivity index (χ3n) is 7.68. The molecule has 5 rings (SSSR count). The monoisotopic (exact) mass is 571 g/mol. The molecule has 0 atom stereocenters. The van der Waals surface area contributed by atoms with E-state index in [1.54, 1.807) is 30.2 Å². The number of hydrogen-bond acceptors (Lipinski definition) is 10. The Morgan fingerprint density at radius 2 is 1.95 bits per heavy atom.